The quantitative estimate of drug-likeness (QED) is 0.600. The molecule has 0 bridgehead atoms. The minimum atomic E-state index is -1.14. The van der Waals surface area contributed by atoms with Gasteiger partial charge in [-0.3, -0.25) is 0 Å². The van der Waals surface area contributed by atoms with E-state index in [1.165, 1.54) is 6.20 Å². The van der Waals surface area contributed by atoms with Gasteiger partial charge in [-0.25, -0.2) is 0 Å². The fourth-order valence-electron chi connectivity index (χ4n) is 0.394. The first kappa shape index (κ1) is 6.15. The topological polar surface area (TPSA) is 63.1 Å². The van der Waals surface area contributed by atoms with Crippen molar-refractivity contribution in [1.29, 1.82) is 0 Å². The van der Waals surface area contributed by atoms with Gasteiger partial charge in [-0.2, -0.15) is 4.79 Å². The number of rotatable bonds is 1. The van der Waals surface area contributed by atoms with Crippen molar-refractivity contribution in [2.75, 3.05) is 0 Å². The predicted molar refractivity (Wildman–Crippen MR) is 32.7 cm³/mol. The molecule has 1 rings (SSSR count). The van der Waals surface area contributed by atoms with Crippen molar-refractivity contribution >= 4 is 16.2 Å². The summed E-state index contributed by atoms with van der Waals surface area (Å²) in [4.78, 5) is 10.1. The lowest BCUT2D eigenvalue weighted by atomic mass is 10.6. The molecule has 0 saturated carbocycles. The van der Waals surface area contributed by atoms with Gasteiger partial charge in [-0.05, 0) is 15.7 Å². The van der Waals surface area contributed by atoms with E-state index in [0.29, 0.717) is 5.69 Å². The Morgan fingerprint density at radius 3 is 2.78 bits per heavy atom. The van der Waals surface area contributed by atoms with E-state index in [2.05, 4.69) is 8.75 Å². The van der Waals surface area contributed by atoms with Crippen LogP contribution in [-0.2, 0) is 0 Å². The van der Waals surface area contributed by atoms with Gasteiger partial charge in [-0.15, -0.1) is 0 Å². The van der Waals surface area contributed by atoms with Gasteiger partial charge >= 0.3 is 16.2 Å². The lowest BCUT2D eigenvalue weighted by Crippen LogP contribution is -1.85. The third kappa shape index (κ3) is 1.23. The standard InChI is InChI=1S/C4H4N2O2S/c1-3-2-5-9(6-3)4(7)8/h2H,1H3/p+1. The van der Waals surface area contributed by atoms with Crippen LogP contribution in [0.15, 0.2) is 6.20 Å². The molecule has 0 amide bonds. The van der Waals surface area contributed by atoms with E-state index in [4.69, 9.17) is 5.11 Å². The summed E-state index contributed by atoms with van der Waals surface area (Å²) < 4.78 is 7.33. The summed E-state index contributed by atoms with van der Waals surface area (Å²) in [5.41, 5.74) is 0.681. The number of aromatic nitrogens is 2. The molecule has 0 aliphatic rings. The summed E-state index contributed by atoms with van der Waals surface area (Å²) in [5.74, 6) is 0. The second kappa shape index (κ2) is 2.10. The van der Waals surface area contributed by atoms with E-state index in [-0.39, 0.29) is 0 Å². The second-order valence-corrected chi connectivity index (χ2v) is 2.77. The number of hydrogen-bond acceptors (Lipinski definition) is 3. The molecule has 0 spiro atoms. The molecule has 48 valence electrons. The smallest absolute Gasteiger partial charge is 0.434 e. The van der Waals surface area contributed by atoms with Crippen molar-refractivity contribution in [3.63, 3.8) is 0 Å². The molecule has 1 aromatic rings. The van der Waals surface area contributed by atoms with Gasteiger partial charge in [0.1, 0.15) is 11.9 Å². The molecule has 1 heterocycles. The molecule has 0 aromatic carbocycles. The maximum absolute atomic E-state index is 10.1. The maximum Gasteiger partial charge on any atom is 0.602 e. The Kier molecular flexibility index (Phi) is 1.44. The summed E-state index contributed by atoms with van der Waals surface area (Å²) in [6, 6.07) is 0. The van der Waals surface area contributed by atoms with Crippen molar-refractivity contribution in [2.24, 2.45) is 0 Å². The molecular weight excluding hydrogens is 140 g/mol. The van der Waals surface area contributed by atoms with Crippen LogP contribution in [0.1, 0.15) is 5.69 Å². The zero-order valence-electron chi connectivity index (χ0n) is 4.74. The van der Waals surface area contributed by atoms with Crippen LogP contribution in [0.3, 0.4) is 0 Å². The van der Waals surface area contributed by atoms with Crippen molar-refractivity contribution in [2.45, 2.75) is 6.92 Å². The average molecular weight is 145 g/mol. The second-order valence-electron chi connectivity index (χ2n) is 1.50. The molecule has 0 aliphatic heterocycles. The molecule has 1 unspecified atom stereocenters. The molecule has 5 heteroatoms. The predicted octanol–water partition coefficient (Wildman–Crippen LogP) is 1.06. The molecule has 4 nitrogen and oxygen atoms in total. The number of hydrogen-bond donors (Lipinski definition) is 1. The number of nitrogens with zero attached hydrogens (tertiary/aromatic N) is 2. The van der Waals surface area contributed by atoms with E-state index in [1.54, 1.807) is 6.92 Å². The molecular formula is C4H5N2O2S+. The molecule has 1 N–H and O–H groups in total. The Hall–Kier alpha value is -0.970. The highest BCUT2D eigenvalue weighted by molar-refractivity contribution is 7.42. The highest BCUT2D eigenvalue weighted by atomic mass is 32.2. The monoisotopic (exact) mass is 145 g/mol. The van der Waals surface area contributed by atoms with Crippen LogP contribution >= 0.6 is 10.9 Å². The van der Waals surface area contributed by atoms with Crippen LogP contribution < -0.4 is 0 Å². The molecule has 9 heavy (non-hydrogen) atoms. The van der Waals surface area contributed by atoms with Gasteiger partial charge in [0.25, 0.3) is 0 Å². The van der Waals surface area contributed by atoms with E-state index in [9.17, 15) is 4.79 Å². The van der Waals surface area contributed by atoms with Gasteiger partial charge in [-0.1, -0.05) is 0 Å². The minimum absolute atomic E-state index is 0.681. The van der Waals surface area contributed by atoms with Crippen molar-refractivity contribution in [3.05, 3.63) is 11.9 Å². The maximum atomic E-state index is 10.1. The number of aryl methyl sites for hydroxylation is 1. The SMILES string of the molecule is Cc1cn[s+](C(=O)O)n1. The first-order valence-electron chi connectivity index (χ1n) is 2.27. The Labute approximate surface area is 54.4 Å². The summed E-state index contributed by atoms with van der Waals surface area (Å²) in [6.45, 7) is 1.72. The number of carbonyl (C=O) groups is 1. The largest absolute Gasteiger partial charge is 0.602 e. The summed E-state index contributed by atoms with van der Waals surface area (Å²) in [5, 5.41) is 7.35. The molecule has 0 radical (unpaired) electrons. The van der Waals surface area contributed by atoms with Crippen LogP contribution in [0.25, 0.3) is 0 Å². The Morgan fingerprint density at radius 1 is 1.89 bits per heavy atom. The van der Waals surface area contributed by atoms with Crippen LogP contribution in [0.4, 0.5) is 4.79 Å². The Balaban J connectivity index is 2.98. The molecule has 1 atom stereocenters. The van der Waals surface area contributed by atoms with Gasteiger partial charge in [0.05, 0.1) is 0 Å². The number of carboxylic acid groups (broad SMARTS) is 1. The Morgan fingerprint density at radius 2 is 2.56 bits per heavy atom. The van der Waals surface area contributed by atoms with Crippen molar-refractivity contribution < 1.29 is 9.90 Å². The molecule has 0 fully saturated rings. The fourth-order valence-corrected chi connectivity index (χ4v) is 1.18. The third-order valence-electron chi connectivity index (χ3n) is 0.726. The highest BCUT2D eigenvalue weighted by Gasteiger charge is 2.20. The van der Waals surface area contributed by atoms with E-state index in [0.717, 1.165) is 0 Å². The summed E-state index contributed by atoms with van der Waals surface area (Å²) >= 11 is 0. The highest BCUT2D eigenvalue weighted by Crippen LogP contribution is 2.08. The summed E-state index contributed by atoms with van der Waals surface area (Å²) in [6.07, 6.45) is 1.47. The van der Waals surface area contributed by atoms with E-state index < -0.39 is 16.2 Å². The minimum Gasteiger partial charge on any atom is -0.434 e. The fraction of sp³-hybridized carbons (Fsp3) is 0.250. The Bertz CT molecular complexity index is 232. The van der Waals surface area contributed by atoms with Crippen molar-refractivity contribution in [3.8, 4) is 0 Å². The first-order valence-corrected chi connectivity index (χ1v) is 3.41. The van der Waals surface area contributed by atoms with Gasteiger partial charge in [0.2, 0.25) is 0 Å². The van der Waals surface area contributed by atoms with Crippen LogP contribution in [0, 0.1) is 6.92 Å². The first-order chi connectivity index (χ1) is 4.20. The lowest BCUT2D eigenvalue weighted by molar-refractivity contribution is 0.221. The van der Waals surface area contributed by atoms with Gasteiger partial charge < -0.3 is 5.11 Å². The van der Waals surface area contributed by atoms with Gasteiger partial charge in [0, 0.05) is 0 Å². The van der Waals surface area contributed by atoms with Crippen LogP contribution in [0.5, 0.6) is 0 Å². The zero-order valence-corrected chi connectivity index (χ0v) is 5.55. The summed E-state index contributed by atoms with van der Waals surface area (Å²) in [7, 11) is -1.14. The molecule has 1 aromatic heterocycles. The van der Waals surface area contributed by atoms with E-state index >= 15 is 0 Å². The molecule has 0 saturated heterocycles. The zero-order chi connectivity index (χ0) is 6.85. The van der Waals surface area contributed by atoms with Crippen LogP contribution in [-0.4, -0.2) is 19.2 Å². The third-order valence-corrected chi connectivity index (χ3v) is 1.80. The lowest BCUT2D eigenvalue weighted by Gasteiger charge is -1.64. The van der Waals surface area contributed by atoms with Crippen LogP contribution in [0.2, 0.25) is 0 Å². The van der Waals surface area contributed by atoms with Gasteiger partial charge in [0.15, 0.2) is 0 Å². The normalized spacial score (nSPS) is 11.4. The van der Waals surface area contributed by atoms with E-state index in [1.807, 2.05) is 0 Å². The van der Waals surface area contributed by atoms with Crippen molar-refractivity contribution in [1.82, 2.24) is 8.75 Å². The average Bonchev–Trinajstić information content (AvgIpc) is 2.14. The molecule has 0 aliphatic carbocycles.